The summed E-state index contributed by atoms with van der Waals surface area (Å²) in [5, 5.41) is 11.7. The summed E-state index contributed by atoms with van der Waals surface area (Å²) < 4.78 is 5.07. The van der Waals surface area contributed by atoms with Crippen molar-refractivity contribution in [1.82, 2.24) is 5.32 Å². The van der Waals surface area contributed by atoms with Crippen molar-refractivity contribution < 1.29 is 53.8 Å². The van der Waals surface area contributed by atoms with Crippen LogP contribution in [-0.4, -0.2) is 35.6 Å². The summed E-state index contributed by atoms with van der Waals surface area (Å²) in [7, 11) is 0. The molecular formula is C24H29NNaO5+. The zero-order valence-corrected chi connectivity index (χ0v) is 20.5. The van der Waals surface area contributed by atoms with Gasteiger partial charge in [-0.05, 0) is 36.5 Å². The number of hydrogen-bond acceptors (Lipinski definition) is 4. The van der Waals surface area contributed by atoms with Crippen LogP contribution in [0.25, 0.3) is 11.1 Å². The van der Waals surface area contributed by atoms with Crippen LogP contribution < -0.4 is 34.9 Å². The third-order valence-electron chi connectivity index (χ3n) is 4.80. The molecule has 2 aromatic carbocycles. The number of aliphatic carboxylic acids is 1. The summed E-state index contributed by atoms with van der Waals surface area (Å²) in [5.41, 5.74) is 3.24. The van der Waals surface area contributed by atoms with E-state index in [0.717, 1.165) is 16.7 Å². The maximum Gasteiger partial charge on any atom is 1.00 e. The zero-order chi connectivity index (χ0) is 21.9. The van der Waals surface area contributed by atoms with Crippen molar-refractivity contribution in [2.24, 2.45) is 5.92 Å². The number of carbonyl (C=O) groups excluding carboxylic acids is 2. The number of carboxylic acid groups (broad SMARTS) is 1. The molecule has 0 fully saturated rings. The summed E-state index contributed by atoms with van der Waals surface area (Å²) in [6.07, 6.45) is 0.639. The summed E-state index contributed by atoms with van der Waals surface area (Å²) in [6.45, 7) is 3.83. The normalized spacial score (nSPS) is 12.2. The zero-order valence-electron chi connectivity index (χ0n) is 18.5. The molecule has 2 aromatic rings. The first kappa shape index (κ1) is 26.9. The molecule has 1 amide bonds. The van der Waals surface area contributed by atoms with Gasteiger partial charge in [0.05, 0.1) is 18.9 Å². The van der Waals surface area contributed by atoms with Crippen LogP contribution in [0, 0.1) is 5.92 Å². The molecule has 0 radical (unpaired) electrons. The van der Waals surface area contributed by atoms with E-state index in [1.54, 1.807) is 13.8 Å². The van der Waals surface area contributed by atoms with Gasteiger partial charge >= 0.3 is 41.5 Å². The molecule has 7 heteroatoms. The van der Waals surface area contributed by atoms with Crippen LogP contribution >= 0.6 is 0 Å². The van der Waals surface area contributed by atoms with Gasteiger partial charge in [-0.2, -0.15) is 0 Å². The molecule has 160 valence electrons. The van der Waals surface area contributed by atoms with Gasteiger partial charge < -0.3 is 15.2 Å². The molecule has 6 nitrogen and oxygen atoms in total. The van der Waals surface area contributed by atoms with E-state index in [-0.39, 0.29) is 66.2 Å². The molecule has 0 unspecified atom stereocenters. The topological polar surface area (TPSA) is 92.7 Å². The molecule has 0 bridgehead atoms. The SMILES string of the molecule is CCOC(=O)[C@H](C)C[C@@H](Cc1ccc(-c2ccccc2)cc1)NC(=O)CCC(=O)O.[Na+]. The van der Waals surface area contributed by atoms with E-state index in [1.807, 2.05) is 54.6 Å². The first-order chi connectivity index (χ1) is 14.4. The van der Waals surface area contributed by atoms with Crippen molar-refractivity contribution in [3.8, 4) is 11.1 Å². The van der Waals surface area contributed by atoms with E-state index >= 15 is 0 Å². The molecule has 0 spiro atoms. The van der Waals surface area contributed by atoms with Crippen molar-refractivity contribution in [2.75, 3.05) is 6.61 Å². The average Bonchev–Trinajstić information content (AvgIpc) is 2.73. The number of amides is 1. The predicted molar refractivity (Wildman–Crippen MR) is 115 cm³/mol. The minimum absolute atomic E-state index is 0. The molecule has 0 aliphatic heterocycles. The molecule has 2 atom stereocenters. The minimum Gasteiger partial charge on any atom is -0.481 e. The van der Waals surface area contributed by atoms with Gasteiger partial charge in [-0.25, -0.2) is 0 Å². The van der Waals surface area contributed by atoms with Gasteiger partial charge in [-0.1, -0.05) is 61.5 Å². The Kier molecular flexibility index (Phi) is 12.2. The summed E-state index contributed by atoms with van der Waals surface area (Å²) in [5.74, 6) is -2.03. The largest absolute Gasteiger partial charge is 1.00 e. The van der Waals surface area contributed by atoms with E-state index in [4.69, 9.17) is 9.84 Å². The van der Waals surface area contributed by atoms with E-state index in [2.05, 4.69) is 5.32 Å². The second kappa shape index (κ2) is 14.0. The number of carbonyl (C=O) groups is 3. The Morgan fingerprint density at radius 3 is 2.16 bits per heavy atom. The molecule has 0 aromatic heterocycles. The predicted octanol–water partition coefficient (Wildman–Crippen LogP) is 0.839. The second-order valence-corrected chi connectivity index (χ2v) is 7.31. The Bertz CT molecular complexity index is 839. The molecular weight excluding hydrogens is 405 g/mol. The average molecular weight is 434 g/mol. The maximum atomic E-state index is 12.2. The van der Waals surface area contributed by atoms with Gasteiger partial charge in [0.2, 0.25) is 5.91 Å². The Balaban J connectivity index is 0.00000480. The molecule has 0 aliphatic carbocycles. The standard InChI is InChI=1S/C24H29NO5.Na/c1-3-30-24(29)17(2)15-21(25-22(26)13-14-23(27)28)16-18-9-11-20(12-10-18)19-7-5-4-6-8-19;/h4-12,17,21H,3,13-16H2,1-2H3,(H,25,26)(H,27,28);/q;+1/t17-,21+;/m1./s1. The Morgan fingerprint density at radius 2 is 1.58 bits per heavy atom. The first-order valence-electron chi connectivity index (χ1n) is 10.2. The van der Waals surface area contributed by atoms with Gasteiger partial charge in [0.15, 0.2) is 0 Å². The van der Waals surface area contributed by atoms with Crippen molar-refractivity contribution in [2.45, 2.75) is 45.6 Å². The van der Waals surface area contributed by atoms with Crippen molar-refractivity contribution in [1.29, 1.82) is 0 Å². The van der Waals surface area contributed by atoms with Crippen LogP contribution in [0.15, 0.2) is 54.6 Å². The molecule has 0 aliphatic rings. The monoisotopic (exact) mass is 434 g/mol. The second-order valence-electron chi connectivity index (χ2n) is 7.31. The fourth-order valence-electron chi connectivity index (χ4n) is 3.27. The van der Waals surface area contributed by atoms with Crippen molar-refractivity contribution >= 4 is 17.8 Å². The van der Waals surface area contributed by atoms with Gasteiger partial charge in [-0.15, -0.1) is 0 Å². The Hall–Kier alpha value is -2.15. The van der Waals surface area contributed by atoms with Gasteiger partial charge in [0, 0.05) is 12.5 Å². The van der Waals surface area contributed by atoms with Crippen LogP contribution in [0.3, 0.4) is 0 Å². The number of benzene rings is 2. The number of carboxylic acids is 1. The quantitative estimate of drug-likeness (QED) is 0.404. The summed E-state index contributed by atoms with van der Waals surface area (Å²) >= 11 is 0. The van der Waals surface area contributed by atoms with Crippen LogP contribution in [0.2, 0.25) is 0 Å². The van der Waals surface area contributed by atoms with Crippen LogP contribution in [0.5, 0.6) is 0 Å². The fourth-order valence-corrected chi connectivity index (χ4v) is 3.27. The van der Waals surface area contributed by atoms with Crippen LogP contribution in [-0.2, 0) is 25.5 Å². The number of nitrogens with one attached hydrogen (secondary N) is 1. The Labute approximate surface area is 205 Å². The van der Waals surface area contributed by atoms with Crippen LogP contribution in [0.1, 0.15) is 38.7 Å². The Morgan fingerprint density at radius 1 is 0.968 bits per heavy atom. The molecule has 31 heavy (non-hydrogen) atoms. The van der Waals surface area contributed by atoms with Gasteiger partial charge in [0.1, 0.15) is 0 Å². The third-order valence-corrected chi connectivity index (χ3v) is 4.80. The molecule has 2 rings (SSSR count). The van der Waals surface area contributed by atoms with E-state index in [0.29, 0.717) is 19.4 Å². The molecule has 2 N–H and O–H groups in total. The summed E-state index contributed by atoms with van der Waals surface area (Å²) in [6, 6.07) is 17.8. The van der Waals surface area contributed by atoms with E-state index in [9.17, 15) is 14.4 Å². The molecule has 0 heterocycles. The number of hydrogen-bond donors (Lipinski definition) is 2. The fraction of sp³-hybridized carbons (Fsp3) is 0.375. The van der Waals surface area contributed by atoms with E-state index in [1.165, 1.54) is 0 Å². The van der Waals surface area contributed by atoms with Gasteiger partial charge in [0.25, 0.3) is 0 Å². The molecule has 0 saturated heterocycles. The smallest absolute Gasteiger partial charge is 0.481 e. The van der Waals surface area contributed by atoms with Crippen molar-refractivity contribution in [3.63, 3.8) is 0 Å². The first-order valence-corrected chi connectivity index (χ1v) is 10.2. The van der Waals surface area contributed by atoms with Gasteiger partial charge in [-0.3, -0.25) is 14.4 Å². The van der Waals surface area contributed by atoms with Crippen LogP contribution in [0.4, 0.5) is 0 Å². The maximum absolute atomic E-state index is 12.2. The molecule has 0 saturated carbocycles. The number of esters is 1. The number of rotatable bonds is 11. The summed E-state index contributed by atoms with van der Waals surface area (Å²) in [4.78, 5) is 34.9. The van der Waals surface area contributed by atoms with Crippen molar-refractivity contribution in [3.05, 3.63) is 60.2 Å². The minimum atomic E-state index is -1.02. The third kappa shape index (κ3) is 9.68. The number of ether oxygens (including phenoxy) is 1. The van der Waals surface area contributed by atoms with E-state index < -0.39 is 5.97 Å².